The number of amides is 1. The molecule has 0 radical (unpaired) electrons. The molecule has 0 saturated carbocycles. The van der Waals surface area contributed by atoms with Crippen molar-refractivity contribution in [3.63, 3.8) is 0 Å². The molecule has 1 amide bonds. The van der Waals surface area contributed by atoms with Gasteiger partial charge in [-0.05, 0) is 37.3 Å². The van der Waals surface area contributed by atoms with Crippen LogP contribution in [0, 0.1) is 10.1 Å². The molecule has 0 fully saturated rings. The van der Waals surface area contributed by atoms with E-state index in [0.29, 0.717) is 50.6 Å². The van der Waals surface area contributed by atoms with Gasteiger partial charge in [0.25, 0.3) is 11.6 Å². The number of carbonyl (C=O) groups excluding carboxylic acids is 1. The first-order valence-corrected chi connectivity index (χ1v) is 12.1. The Morgan fingerprint density at radius 1 is 1.11 bits per heavy atom. The summed E-state index contributed by atoms with van der Waals surface area (Å²) in [5.41, 5.74) is 2.43. The first-order valence-electron chi connectivity index (χ1n) is 11.4. The summed E-state index contributed by atoms with van der Waals surface area (Å²) < 4.78 is 6.94. The van der Waals surface area contributed by atoms with Crippen molar-refractivity contribution in [1.82, 2.24) is 14.8 Å². The van der Waals surface area contributed by atoms with Gasteiger partial charge < -0.3 is 15.4 Å². The number of methoxy groups -OCH3 is 1. The van der Waals surface area contributed by atoms with Gasteiger partial charge in [-0.2, -0.15) is 4.98 Å². The van der Waals surface area contributed by atoms with Gasteiger partial charge in [-0.15, -0.1) is 5.10 Å². The van der Waals surface area contributed by atoms with E-state index in [1.807, 2.05) is 0 Å². The van der Waals surface area contributed by atoms with E-state index in [4.69, 9.17) is 27.9 Å². The van der Waals surface area contributed by atoms with Crippen LogP contribution in [0.1, 0.15) is 18.5 Å². The molecule has 0 saturated heterocycles. The number of rotatable bonds is 6. The maximum atomic E-state index is 13.7. The van der Waals surface area contributed by atoms with Gasteiger partial charge in [0, 0.05) is 29.0 Å². The lowest BCUT2D eigenvalue weighted by Crippen LogP contribution is -2.31. The summed E-state index contributed by atoms with van der Waals surface area (Å²) in [6.45, 7) is 1.76. The van der Waals surface area contributed by atoms with Crippen LogP contribution >= 0.6 is 23.2 Å². The minimum Gasteiger partial charge on any atom is -0.495 e. The molecular weight excluding hydrogens is 531 g/mol. The SMILES string of the molecule is COc1ccccc1NC(=O)C1=C(C)Nc2nc(-c3ccc([N+](=O)[O-])cc3)nn2C1c1cccc(Cl)c1Cl. The maximum Gasteiger partial charge on any atom is 0.269 e. The number of carbonyl (C=O) groups is 1. The zero-order valence-corrected chi connectivity index (χ0v) is 21.6. The number of hydrogen-bond acceptors (Lipinski definition) is 7. The summed E-state index contributed by atoms with van der Waals surface area (Å²) in [5, 5.41) is 22.4. The topological polar surface area (TPSA) is 124 Å². The van der Waals surface area contributed by atoms with Gasteiger partial charge >= 0.3 is 0 Å². The summed E-state index contributed by atoms with van der Waals surface area (Å²) in [5.74, 6) is 0.774. The number of fused-ring (bicyclic) bond motifs is 1. The molecule has 2 N–H and O–H groups in total. The summed E-state index contributed by atoms with van der Waals surface area (Å²) in [7, 11) is 1.52. The Morgan fingerprint density at radius 3 is 2.55 bits per heavy atom. The molecule has 38 heavy (non-hydrogen) atoms. The van der Waals surface area contributed by atoms with Crippen LogP contribution < -0.4 is 15.4 Å². The number of halogens is 2. The smallest absolute Gasteiger partial charge is 0.269 e. The van der Waals surface area contributed by atoms with Crippen molar-refractivity contribution in [2.24, 2.45) is 0 Å². The highest BCUT2D eigenvalue weighted by Gasteiger charge is 2.36. The van der Waals surface area contributed by atoms with E-state index in [2.05, 4.69) is 20.7 Å². The second-order valence-electron chi connectivity index (χ2n) is 8.37. The minimum atomic E-state index is -0.786. The molecule has 10 nitrogen and oxygen atoms in total. The zero-order valence-electron chi connectivity index (χ0n) is 20.1. The third-order valence-corrected chi connectivity index (χ3v) is 6.90. The van der Waals surface area contributed by atoms with Gasteiger partial charge in [-0.3, -0.25) is 14.9 Å². The number of hydrogen-bond donors (Lipinski definition) is 2. The van der Waals surface area contributed by atoms with Crippen molar-refractivity contribution in [3.8, 4) is 17.1 Å². The minimum absolute atomic E-state index is 0.0489. The Balaban J connectivity index is 1.62. The number of nitrogens with one attached hydrogen (secondary N) is 2. The molecule has 1 atom stereocenters. The fourth-order valence-corrected chi connectivity index (χ4v) is 4.67. The lowest BCUT2D eigenvalue weighted by Gasteiger charge is -2.29. The molecule has 1 aromatic heterocycles. The standard InChI is InChI=1S/C26H20Cl2N6O4/c1-14-21(25(35)30-19-8-3-4-9-20(19)38-2)23(17-6-5-7-18(27)22(17)28)33-26(29-14)31-24(32-33)15-10-12-16(13-11-15)34(36)37/h3-13,23H,1-2H3,(H,30,35)(H,29,31,32). The Morgan fingerprint density at radius 2 is 1.84 bits per heavy atom. The number of benzene rings is 3. The highest BCUT2D eigenvalue weighted by molar-refractivity contribution is 6.42. The van der Waals surface area contributed by atoms with E-state index in [1.165, 1.54) is 19.2 Å². The van der Waals surface area contributed by atoms with Crippen LogP contribution in [0.4, 0.5) is 17.3 Å². The first-order chi connectivity index (χ1) is 18.3. The highest BCUT2D eigenvalue weighted by atomic mass is 35.5. The molecule has 1 aliphatic heterocycles. The van der Waals surface area contributed by atoms with Crippen LogP contribution in [0.5, 0.6) is 5.75 Å². The van der Waals surface area contributed by atoms with Crippen molar-refractivity contribution < 1.29 is 14.5 Å². The number of nitro groups is 1. The highest BCUT2D eigenvalue weighted by Crippen LogP contribution is 2.41. The number of allylic oxidation sites excluding steroid dienone is 1. The molecule has 0 spiro atoms. The summed E-state index contributed by atoms with van der Waals surface area (Å²) in [6, 6.07) is 17.3. The Kier molecular flexibility index (Phi) is 6.75. The molecule has 0 bridgehead atoms. The van der Waals surface area contributed by atoms with Crippen LogP contribution in [0.3, 0.4) is 0 Å². The van der Waals surface area contributed by atoms with Crippen molar-refractivity contribution in [2.45, 2.75) is 13.0 Å². The van der Waals surface area contributed by atoms with Crippen LogP contribution in [-0.2, 0) is 4.79 Å². The number of nitro benzene ring substituents is 1. The average Bonchev–Trinajstić information content (AvgIpc) is 3.33. The number of para-hydroxylation sites is 2. The fraction of sp³-hybridized carbons (Fsp3) is 0.115. The van der Waals surface area contributed by atoms with Gasteiger partial charge in [0.2, 0.25) is 5.95 Å². The molecule has 1 aliphatic rings. The largest absolute Gasteiger partial charge is 0.495 e. The van der Waals surface area contributed by atoms with Crippen molar-refractivity contribution >= 4 is 46.4 Å². The predicted molar refractivity (Wildman–Crippen MR) is 145 cm³/mol. The second-order valence-corrected chi connectivity index (χ2v) is 9.16. The number of nitrogens with zero attached hydrogens (tertiary/aromatic N) is 4. The first kappa shape index (κ1) is 25.2. The normalized spacial score (nSPS) is 14.5. The van der Waals surface area contributed by atoms with Gasteiger partial charge in [0.05, 0.1) is 33.3 Å². The van der Waals surface area contributed by atoms with Crippen molar-refractivity contribution in [3.05, 3.63) is 104 Å². The van der Waals surface area contributed by atoms with Crippen molar-refractivity contribution in [2.75, 3.05) is 17.7 Å². The Hall–Kier alpha value is -4.41. The molecule has 1 unspecified atom stereocenters. The number of aromatic nitrogens is 3. The number of non-ortho nitro benzene ring substituents is 1. The number of anilines is 2. The third-order valence-electron chi connectivity index (χ3n) is 6.06. The summed E-state index contributed by atoms with van der Waals surface area (Å²) in [6.07, 6.45) is 0. The van der Waals surface area contributed by atoms with Crippen LogP contribution in [-0.4, -0.2) is 32.7 Å². The van der Waals surface area contributed by atoms with Crippen LogP contribution in [0.15, 0.2) is 78.0 Å². The van der Waals surface area contributed by atoms with E-state index in [0.717, 1.165) is 0 Å². The van der Waals surface area contributed by atoms with E-state index >= 15 is 0 Å². The molecule has 4 aromatic rings. The Bertz CT molecular complexity index is 1600. The van der Waals surface area contributed by atoms with Gasteiger partial charge in [-0.1, -0.05) is 47.5 Å². The molecule has 2 heterocycles. The van der Waals surface area contributed by atoms with E-state index < -0.39 is 16.9 Å². The maximum absolute atomic E-state index is 13.7. The predicted octanol–water partition coefficient (Wildman–Crippen LogP) is 6.10. The van der Waals surface area contributed by atoms with Crippen LogP contribution in [0.2, 0.25) is 10.0 Å². The Labute approximate surface area is 227 Å². The van der Waals surface area contributed by atoms with Crippen LogP contribution in [0.25, 0.3) is 11.4 Å². The van der Waals surface area contributed by atoms with E-state index in [1.54, 1.807) is 66.2 Å². The van der Waals surface area contributed by atoms with Gasteiger partial charge in [0.15, 0.2) is 5.82 Å². The molecule has 12 heteroatoms. The molecule has 192 valence electrons. The lowest BCUT2D eigenvalue weighted by atomic mass is 9.95. The monoisotopic (exact) mass is 550 g/mol. The fourth-order valence-electron chi connectivity index (χ4n) is 4.26. The second kappa shape index (κ2) is 10.2. The molecule has 0 aliphatic carbocycles. The number of ether oxygens (including phenoxy) is 1. The summed E-state index contributed by atoms with van der Waals surface area (Å²) in [4.78, 5) is 28.9. The molecular formula is C26H20Cl2N6O4. The third kappa shape index (κ3) is 4.55. The molecule has 3 aromatic carbocycles. The average molecular weight is 551 g/mol. The van der Waals surface area contributed by atoms with Gasteiger partial charge in [-0.25, -0.2) is 4.68 Å². The summed E-state index contributed by atoms with van der Waals surface area (Å²) >= 11 is 13.0. The van der Waals surface area contributed by atoms with Gasteiger partial charge in [0.1, 0.15) is 11.8 Å². The van der Waals surface area contributed by atoms with Crippen molar-refractivity contribution in [1.29, 1.82) is 0 Å². The molecule has 5 rings (SSSR count). The lowest BCUT2D eigenvalue weighted by molar-refractivity contribution is -0.384. The quantitative estimate of drug-likeness (QED) is 0.219. The van der Waals surface area contributed by atoms with E-state index in [-0.39, 0.29) is 10.7 Å². The van der Waals surface area contributed by atoms with E-state index in [9.17, 15) is 14.9 Å². The zero-order chi connectivity index (χ0) is 27.0.